The lowest BCUT2D eigenvalue weighted by Gasteiger charge is -2.09. The molecular weight excluding hydrogens is 264 g/mol. The lowest BCUT2D eigenvalue weighted by molar-refractivity contribution is -0.152. The van der Waals surface area contributed by atoms with Gasteiger partial charge in [0.05, 0.1) is 12.2 Å². The third kappa shape index (κ3) is 2.76. The Bertz CT molecular complexity index is 557. The number of rotatable bonds is 2. The minimum atomic E-state index is -0.919. The van der Waals surface area contributed by atoms with Crippen molar-refractivity contribution in [3.05, 3.63) is 16.0 Å². The Balaban J connectivity index is 2.21. The van der Waals surface area contributed by atoms with E-state index in [1.807, 2.05) is 0 Å². The number of carbonyl (C=O) groups is 2. The van der Waals surface area contributed by atoms with Gasteiger partial charge in [0.2, 0.25) is 0 Å². The van der Waals surface area contributed by atoms with Crippen molar-refractivity contribution in [1.82, 2.24) is 0 Å². The minimum absolute atomic E-state index is 0.151. The molecule has 0 atom stereocenters. The maximum Gasteiger partial charge on any atom is 0.397 e. The van der Waals surface area contributed by atoms with Crippen LogP contribution in [-0.2, 0) is 27.2 Å². The highest BCUT2D eigenvalue weighted by Gasteiger charge is 2.24. The average molecular weight is 278 g/mol. The summed E-state index contributed by atoms with van der Waals surface area (Å²) in [6, 6.07) is 2.12. The first kappa shape index (κ1) is 13.6. The maximum absolute atomic E-state index is 11.6. The molecular formula is C13H14N2O3S. The fraction of sp³-hybridized carbons (Fsp3) is 0.462. The fourth-order valence-electron chi connectivity index (χ4n) is 2.12. The molecule has 6 heteroatoms. The number of nitrogens with one attached hydrogen (secondary N) is 1. The lowest BCUT2D eigenvalue weighted by atomic mass is 9.96. The number of aryl methyl sites for hydroxylation is 1. The van der Waals surface area contributed by atoms with Crippen LogP contribution in [0.2, 0.25) is 0 Å². The largest absolute Gasteiger partial charge is 0.459 e. The fourth-order valence-corrected chi connectivity index (χ4v) is 3.36. The quantitative estimate of drug-likeness (QED) is 0.663. The zero-order valence-electron chi connectivity index (χ0n) is 10.6. The number of hydrogen-bond acceptors (Lipinski definition) is 5. The third-order valence-electron chi connectivity index (χ3n) is 2.97. The summed E-state index contributed by atoms with van der Waals surface area (Å²) in [6.07, 6.45) is 3.96. The summed E-state index contributed by atoms with van der Waals surface area (Å²) in [7, 11) is 0. The van der Waals surface area contributed by atoms with Gasteiger partial charge in [0, 0.05) is 4.88 Å². The normalized spacial score (nSPS) is 13.3. The SMILES string of the molecule is CCOC(=O)C(=O)Nc1sc2c(c1C#N)CCCC2. The molecule has 1 aromatic heterocycles. The van der Waals surface area contributed by atoms with E-state index in [2.05, 4.69) is 16.1 Å². The standard InChI is InChI=1S/C13H14N2O3S/c1-2-18-13(17)11(16)15-12-9(7-14)8-5-3-4-6-10(8)19-12/h2-6H2,1H3,(H,15,16). The van der Waals surface area contributed by atoms with Crippen LogP contribution in [0.1, 0.15) is 35.8 Å². The van der Waals surface area contributed by atoms with E-state index < -0.39 is 11.9 Å². The van der Waals surface area contributed by atoms with Crippen LogP contribution >= 0.6 is 11.3 Å². The van der Waals surface area contributed by atoms with Crippen molar-refractivity contribution in [3.63, 3.8) is 0 Å². The number of esters is 1. The average Bonchev–Trinajstić information content (AvgIpc) is 2.75. The second kappa shape index (κ2) is 5.85. The highest BCUT2D eigenvalue weighted by molar-refractivity contribution is 7.16. The first-order valence-corrected chi connectivity index (χ1v) is 7.01. The molecule has 0 aromatic carbocycles. The van der Waals surface area contributed by atoms with Gasteiger partial charge in [-0.05, 0) is 38.2 Å². The van der Waals surface area contributed by atoms with Gasteiger partial charge in [-0.1, -0.05) is 0 Å². The molecule has 1 aliphatic rings. The summed E-state index contributed by atoms with van der Waals surface area (Å²) in [6.45, 7) is 1.79. The van der Waals surface area contributed by atoms with E-state index in [0.29, 0.717) is 10.6 Å². The second-order valence-electron chi connectivity index (χ2n) is 4.20. The summed E-state index contributed by atoms with van der Waals surface area (Å²) < 4.78 is 4.62. The predicted octanol–water partition coefficient (Wildman–Crippen LogP) is 2.00. The van der Waals surface area contributed by atoms with Gasteiger partial charge in [0.25, 0.3) is 0 Å². The first-order chi connectivity index (χ1) is 9.17. The molecule has 0 radical (unpaired) electrons. The molecule has 1 aliphatic carbocycles. The summed E-state index contributed by atoms with van der Waals surface area (Å²) >= 11 is 1.39. The number of ether oxygens (including phenoxy) is 1. The zero-order valence-corrected chi connectivity index (χ0v) is 11.4. The van der Waals surface area contributed by atoms with E-state index in [1.165, 1.54) is 11.3 Å². The van der Waals surface area contributed by atoms with Crippen LogP contribution in [0.3, 0.4) is 0 Å². The van der Waals surface area contributed by atoms with Crippen molar-refractivity contribution in [2.75, 3.05) is 11.9 Å². The van der Waals surface area contributed by atoms with Gasteiger partial charge < -0.3 is 10.1 Å². The summed E-state index contributed by atoms with van der Waals surface area (Å²) in [5, 5.41) is 12.2. The molecule has 0 unspecified atom stereocenters. The molecule has 0 aliphatic heterocycles. The van der Waals surface area contributed by atoms with Crippen molar-refractivity contribution in [2.45, 2.75) is 32.6 Å². The summed E-state index contributed by atoms with van der Waals surface area (Å²) in [4.78, 5) is 24.0. The van der Waals surface area contributed by atoms with Gasteiger partial charge >= 0.3 is 11.9 Å². The van der Waals surface area contributed by atoms with Crippen LogP contribution in [0.25, 0.3) is 0 Å². The molecule has 0 saturated heterocycles. The molecule has 0 spiro atoms. The van der Waals surface area contributed by atoms with E-state index in [1.54, 1.807) is 6.92 Å². The van der Waals surface area contributed by atoms with E-state index >= 15 is 0 Å². The topological polar surface area (TPSA) is 79.2 Å². The van der Waals surface area contributed by atoms with E-state index in [4.69, 9.17) is 0 Å². The van der Waals surface area contributed by atoms with Crippen LogP contribution in [0, 0.1) is 11.3 Å². The van der Waals surface area contributed by atoms with Crippen LogP contribution in [0.5, 0.6) is 0 Å². The maximum atomic E-state index is 11.6. The molecule has 1 N–H and O–H groups in total. The molecule has 19 heavy (non-hydrogen) atoms. The third-order valence-corrected chi connectivity index (χ3v) is 4.18. The van der Waals surface area contributed by atoms with Gasteiger partial charge in [0.1, 0.15) is 11.1 Å². The van der Waals surface area contributed by atoms with E-state index in [-0.39, 0.29) is 6.61 Å². The molecule has 5 nitrogen and oxygen atoms in total. The molecule has 2 rings (SSSR count). The predicted molar refractivity (Wildman–Crippen MR) is 70.9 cm³/mol. The Labute approximate surface area is 115 Å². The minimum Gasteiger partial charge on any atom is -0.459 e. The highest BCUT2D eigenvalue weighted by atomic mass is 32.1. The van der Waals surface area contributed by atoms with E-state index in [9.17, 15) is 14.9 Å². The molecule has 0 fully saturated rings. The second-order valence-corrected chi connectivity index (χ2v) is 5.31. The Morgan fingerprint density at radius 3 is 2.84 bits per heavy atom. The van der Waals surface area contributed by atoms with Crippen molar-refractivity contribution in [1.29, 1.82) is 5.26 Å². The molecule has 0 saturated carbocycles. The van der Waals surface area contributed by atoms with Crippen molar-refractivity contribution in [3.8, 4) is 6.07 Å². The van der Waals surface area contributed by atoms with Crippen LogP contribution in [-0.4, -0.2) is 18.5 Å². The number of nitrogens with zero attached hydrogens (tertiary/aromatic N) is 1. The van der Waals surface area contributed by atoms with Crippen LogP contribution in [0.4, 0.5) is 5.00 Å². The zero-order chi connectivity index (χ0) is 13.8. The summed E-state index contributed by atoms with van der Waals surface area (Å²) in [5.74, 6) is -1.74. The van der Waals surface area contributed by atoms with Gasteiger partial charge in [-0.3, -0.25) is 4.79 Å². The van der Waals surface area contributed by atoms with Gasteiger partial charge in [-0.2, -0.15) is 5.26 Å². The Morgan fingerprint density at radius 2 is 2.16 bits per heavy atom. The highest BCUT2D eigenvalue weighted by Crippen LogP contribution is 2.37. The molecule has 100 valence electrons. The molecule has 1 amide bonds. The van der Waals surface area contributed by atoms with Gasteiger partial charge in [-0.15, -0.1) is 11.3 Å². The number of nitriles is 1. The van der Waals surface area contributed by atoms with Crippen LogP contribution < -0.4 is 5.32 Å². The molecule has 0 bridgehead atoms. The van der Waals surface area contributed by atoms with Crippen molar-refractivity contribution >= 4 is 28.2 Å². The number of fused-ring (bicyclic) bond motifs is 1. The monoisotopic (exact) mass is 278 g/mol. The van der Waals surface area contributed by atoms with Gasteiger partial charge in [0.15, 0.2) is 0 Å². The first-order valence-electron chi connectivity index (χ1n) is 6.20. The molecule has 1 aromatic rings. The van der Waals surface area contributed by atoms with E-state index in [0.717, 1.165) is 36.1 Å². The summed E-state index contributed by atoms with van der Waals surface area (Å²) in [5.41, 5.74) is 1.52. The number of thiophene rings is 1. The smallest absolute Gasteiger partial charge is 0.397 e. The Kier molecular flexibility index (Phi) is 4.17. The van der Waals surface area contributed by atoms with Crippen molar-refractivity contribution in [2.24, 2.45) is 0 Å². The number of hydrogen-bond donors (Lipinski definition) is 1. The Morgan fingerprint density at radius 1 is 1.42 bits per heavy atom. The van der Waals surface area contributed by atoms with Gasteiger partial charge in [-0.25, -0.2) is 4.79 Å². The lowest BCUT2D eigenvalue weighted by Crippen LogP contribution is -2.24. The number of carbonyl (C=O) groups excluding carboxylic acids is 2. The van der Waals surface area contributed by atoms with Crippen molar-refractivity contribution < 1.29 is 14.3 Å². The Hall–Kier alpha value is -1.87. The molecule has 1 heterocycles. The number of anilines is 1. The van der Waals surface area contributed by atoms with Crippen LogP contribution in [0.15, 0.2) is 0 Å². The number of amides is 1.